The molecule has 0 spiro atoms. The van der Waals surface area contributed by atoms with Gasteiger partial charge in [0.05, 0.1) is 5.56 Å². The molecule has 0 radical (unpaired) electrons. The van der Waals surface area contributed by atoms with Gasteiger partial charge in [0.25, 0.3) is 0 Å². The lowest BCUT2D eigenvalue weighted by Gasteiger charge is -2.13. The molecule has 0 amide bonds. The van der Waals surface area contributed by atoms with Crippen molar-refractivity contribution >= 4 is 5.97 Å². The van der Waals surface area contributed by atoms with Gasteiger partial charge in [0.15, 0.2) is 0 Å². The number of hydrogen-bond acceptors (Lipinski definition) is 4. The third-order valence-electron chi connectivity index (χ3n) is 3.20. The van der Waals surface area contributed by atoms with Crippen LogP contribution < -0.4 is 0 Å². The number of aromatic nitrogens is 2. The fourth-order valence-corrected chi connectivity index (χ4v) is 1.67. The molecule has 1 aromatic heterocycles. The van der Waals surface area contributed by atoms with Gasteiger partial charge < -0.3 is 10.0 Å². The molecular formula is C14H23N3O2. The van der Waals surface area contributed by atoms with Gasteiger partial charge in [0.1, 0.15) is 5.82 Å². The zero-order valence-corrected chi connectivity index (χ0v) is 12.0. The molecule has 0 aliphatic heterocycles. The second-order valence-electron chi connectivity index (χ2n) is 4.53. The van der Waals surface area contributed by atoms with Gasteiger partial charge in [0, 0.05) is 18.3 Å². The lowest BCUT2D eigenvalue weighted by molar-refractivity contribution is 0.0696. The fraction of sp³-hybridized carbons (Fsp3) is 0.643. The topological polar surface area (TPSA) is 66.3 Å². The number of carboxylic acids is 1. The molecule has 0 bridgehead atoms. The van der Waals surface area contributed by atoms with Crippen LogP contribution >= 0.6 is 0 Å². The van der Waals surface area contributed by atoms with Crippen molar-refractivity contribution in [3.63, 3.8) is 0 Å². The van der Waals surface area contributed by atoms with Crippen LogP contribution in [0.25, 0.3) is 0 Å². The van der Waals surface area contributed by atoms with E-state index >= 15 is 0 Å². The number of carbonyl (C=O) groups is 1. The smallest absolute Gasteiger partial charge is 0.338 e. The maximum absolute atomic E-state index is 10.4. The molecule has 0 saturated heterocycles. The second-order valence-corrected chi connectivity index (χ2v) is 4.53. The summed E-state index contributed by atoms with van der Waals surface area (Å²) in [7, 11) is 0. The van der Waals surface area contributed by atoms with Crippen molar-refractivity contribution in [3.05, 3.63) is 23.8 Å². The van der Waals surface area contributed by atoms with Crippen LogP contribution in [-0.4, -0.2) is 45.6 Å². The minimum atomic E-state index is -0.975. The highest BCUT2D eigenvalue weighted by Crippen LogP contribution is 2.37. The summed E-state index contributed by atoms with van der Waals surface area (Å²) in [6.45, 7) is 10.1. The Kier molecular flexibility index (Phi) is 6.42. The first-order valence-electron chi connectivity index (χ1n) is 6.89. The van der Waals surface area contributed by atoms with E-state index in [1.54, 1.807) is 0 Å². The molecule has 5 nitrogen and oxygen atoms in total. The Hall–Kier alpha value is -1.49. The molecule has 1 fully saturated rings. The number of nitrogens with zero attached hydrogens (tertiary/aromatic N) is 3. The molecule has 5 heteroatoms. The molecule has 1 N–H and O–H groups in total. The summed E-state index contributed by atoms with van der Waals surface area (Å²) in [5, 5.41) is 8.55. The van der Waals surface area contributed by atoms with Crippen molar-refractivity contribution in [2.24, 2.45) is 0 Å². The minimum absolute atomic E-state index is 0.152. The Morgan fingerprint density at radius 3 is 1.95 bits per heavy atom. The predicted molar refractivity (Wildman–Crippen MR) is 74.4 cm³/mol. The second kappa shape index (κ2) is 7.84. The number of aromatic carboxylic acids is 1. The maximum Gasteiger partial charge on any atom is 0.338 e. The van der Waals surface area contributed by atoms with Gasteiger partial charge in [-0.3, -0.25) is 0 Å². The van der Waals surface area contributed by atoms with E-state index in [0.717, 1.165) is 18.7 Å². The Morgan fingerprint density at radius 1 is 1.21 bits per heavy atom. The minimum Gasteiger partial charge on any atom is -0.478 e. The van der Waals surface area contributed by atoms with Crippen LogP contribution in [0.1, 0.15) is 55.7 Å². The lowest BCUT2D eigenvalue weighted by Crippen LogP contribution is -2.21. The van der Waals surface area contributed by atoms with Gasteiger partial charge in [-0.2, -0.15) is 0 Å². The molecule has 1 aliphatic carbocycles. The standard InChI is InChI=1S/C8H8N2O2.C6H15N/c11-8(12)6-3-9-7(10-4-6)5-1-2-5;1-4-7(5-2)6-3/h3-5H,1-2H2,(H,11,12);4-6H2,1-3H3. The number of carboxylic acid groups (broad SMARTS) is 1. The van der Waals surface area contributed by atoms with Gasteiger partial charge in [0.2, 0.25) is 0 Å². The van der Waals surface area contributed by atoms with E-state index in [-0.39, 0.29) is 5.56 Å². The summed E-state index contributed by atoms with van der Waals surface area (Å²) >= 11 is 0. The molecule has 106 valence electrons. The summed E-state index contributed by atoms with van der Waals surface area (Å²) in [5.74, 6) is 0.283. The van der Waals surface area contributed by atoms with Crippen LogP contribution in [0.4, 0.5) is 0 Å². The highest BCUT2D eigenvalue weighted by molar-refractivity contribution is 5.86. The molecule has 1 heterocycles. The third-order valence-corrected chi connectivity index (χ3v) is 3.20. The van der Waals surface area contributed by atoms with Gasteiger partial charge in [-0.05, 0) is 32.5 Å². The average molecular weight is 265 g/mol. The van der Waals surface area contributed by atoms with E-state index < -0.39 is 5.97 Å². The molecule has 1 aromatic rings. The SMILES string of the molecule is CCN(CC)CC.O=C(O)c1cnc(C2CC2)nc1. The molecule has 1 saturated carbocycles. The Balaban J connectivity index is 0.000000224. The highest BCUT2D eigenvalue weighted by Gasteiger charge is 2.26. The molecule has 1 aliphatic rings. The van der Waals surface area contributed by atoms with Crippen LogP contribution in [0.5, 0.6) is 0 Å². The largest absolute Gasteiger partial charge is 0.478 e. The average Bonchev–Trinajstić information content (AvgIpc) is 3.26. The molecule has 0 atom stereocenters. The maximum atomic E-state index is 10.4. The van der Waals surface area contributed by atoms with Crippen LogP contribution in [0.15, 0.2) is 12.4 Å². The van der Waals surface area contributed by atoms with Crippen molar-refractivity contribution in [3.8, 4) is 0 Å². The van der Waals surface area contributed by atoms with Crippen molar-refractivity contribution in [2.75, 3.05) is 19.6 Å². The Morgan fingerprint density at radius 2 is 1.68 bits per heavy atom. The highest BCUT2D eigenvalue weighted by atomic mass is 16.4. The van der Waals surface area contributed by atoms with Crippen LogP contribution in [0.3, 0.4) is 0 Å². The zero-order valence-electron chi connectivity index (χ0n) is 12.0. The first-order valence-corrected chi connectivity index (χ1v) is 6.89. The molecule has 0 unspecified atom stereocenters. The predicted octanol–water partition coefficient (Wildman–Crippen LogP) is 2.40. The van der Waals surface area contributed by atoms with E-state index in [9.17, 15) is 4.79 Å². The van der Waals surface area contributed by atoms with E-state index in [2.05, 4.69) is 35.6 Å². The summed E-state index contributed by atoms with van der Waals surface area (Å²) in [4.78, 5) is 20.7. The summed E-state index contributed by atoms with van der Waals surface area (Å²) in [6.07, 6.45) is 4.99. The van der Waals surface area contributed by atoms with Gasteiger partial charge >= 0.3 is 5.97 Å². The monoisotopic (exact) mass is 265 g/mol. The molecule has 2 rings (SSSR count). The third kappa shape index (κ3) is 5.34. The van der Waals surface area contributed by atoms with Gasteiger partial charge in [-0.1, -0.05) is 20.8 Å². The molecular weight excluding hydrogens is 242 g/mol. The summed E-state index contributed by atoms with van der Waals surface area (Å²) in [6, 6.07) is 0. The molecule has 0 aromatic carbocycles. The van der Waals surface area contributed by atoms with Crippen LogP contribution in [-0.2, 0) is 0 Å². The normalized spacial score (nSPS) is 13.9. The van der Waals surface area contributed by atoms with Crippen molar-refractivity contribution in [1.82, 2.24) is 14.9 Å². The lowest BCUT2D eigenvalue weighted by atomic mass is 10.3. The van der Waals surface area contributed by atoms with Crippen molar-refractivity contribution in [2.45, 2.75) is 39.5 Å². The first-order chi connectivity index (χ1) is 9.12. The van der Waals surface area contributed by atoms with Crippen molar-refractivity contribution in [1.29, 1.82) is 0 Å². The van der Waals surface area contributed by atoms with Gasteiger partial charge in [-0.25, -0.2) is 14.8 Å². The summed E-state index contributed by atoms with van der Waals surface area (Å²) < 4.78 is 0. The van der Waals surface area contributed by atoms with E-state index in [1.165, 1.54) is 32.0 Å². The van der Waals surface area contributed by atoms with E-state index in [1.807, 2.05) is 0 Å². The number of hydrogen-bond donors (Lipinski definition) is 1. The molecule has 19 heavy (non-hydrogen) atoms. The van der Waals surface area contributed by atoms with E-state index in [0.29, 0.717) is 5.92 Å². The van der Waals surface area contributed by atoms with E-state index in [4.69, 9.17) is 5.11 Å². The van der Waals surface area contributed by atoms with Gasteiger partial charge in [-0.15, -0.1) is 0 Å². The Bertz CT molecular complexity index is 379. The summed E-state index contributed by atoms with van der Waals surface area (Å²) in [5.41, 5.74) is 0.152. The first kappa shape index (κ1) is 15.6. The fourth-order valence-electron chi connectivity index (χ4n) is 1.67. The zero-order chi connectivity index (χ0) is 14.3. The number of rotatable bonds is 5. The van der Waals surface area contributed by atoms with Crippen LogP contribution in [0.2, 0.25) is 0 Å². The van der Waals surface area contributed by atoms with Crippen LogP contribution in [0, 0.1) is 0 Å². The van der Waals surface area contributed by atoms with Crippen molar-refractivity contribution < 1.29 is 9.90 Å². The quantitative estimate of drug-likeness (QED) is 0.885. The Labute approximate surface area is 114 Å².